The van der Waals surface area contributed by atoms with Crippen molar-refractivity contribution < 1.29 is 5.11 Å². The molecule has 0 aliphatic carbocycles. The summed E-state index contributed by atoms with van der Waals surface area (Å²) >= 11 is 3.92. The van der Waals surface area contributed by atoms with E-state index in [1.54, 1.807) is 0 Å². The fraction of sp³-hybridized carbons (Fsp3) is 1.00. The highest BCUT2D eigenvalue weighted by atomic mass is 32.2. The maximum Gasteiger partial charge on any atom is 0.0438 e. The van der Waals surface area contributed by atoms with Crippen LogP contribution < -0.4 is 0 Å². The summed E-state index contributed by atoms with van der Waals surface area (Å²) in [4.78, 5) is 0. The molecule has 62 valence electrons. The van der Waals surface area contributed by atoms with Gasteiger partial charge >= 0.3 is 0 Å². The lowest BCUT2D eigenvalue weighted by Crippen LogP contribution is -1.89. The fourth-order valence-electron chi connectivity index (χ4n) is 0.531. The number of aliphatic hydroxyl groups excluding tert-OH is 1. The highest BCUT2D eigenvalue weighted by Gasteiger charge is 1.88. The predicted molar refractivity (Wildman–Crippen MR) is 52.0 cm³/mol. The minimum Gasteiger partial charge on any atom is -0.396 e. The maximum atomic E-state index is 8.45. The Balaban J connectivity index is 2.65. The second-order valence-corrected chi connectivity index (χ2v) is 4.51. The van der Waals surface area contributed by atoms with Gasteiger partial charge in [-0.1, -0.05) is 6.92 Å². The predicted octanol–water partition coefficient (Wildman–Crippen LogP) is 1.86. The first-order valence-corrected chi connectivity index (χ1v) is 5.99. The molecule has 0 saturated heterocycles. The number of hydrogen-bond donors (Lipinski definition) is 1. The monoisotopic (exact) mass is 180 g/mol. The Kier molecular flexibility index (Phi) is 10.3. The molecule has 0 aliphatic heterocycles. The Morgan fingerprint density at radius 1 is 1.10 bits per heavy atom. The van der Waals surface area contributed by atoms with Crippen LogP contribution in [0.15, 0.2) is 0 Å². The van der Waals surface area contributed by atoms with E-state index in [1.807, 2.05) is 23.5 Å². The van der Waals surface area contributed by atoms with Crippen molar-refractivity contribution in [2.75, 3.05) is 29.6 Å². The third kappa shape index (κ3) is 8.66. The number of hydrogen-bond acceptors (Lipinski definition) is 3. The zero-order chi connectivity index (χ0) is 7.66. The normalized spacial score (nSPS) is 10.2. The molecule has 0 heterocycles. The van der Waals surface area contributed by atoms with Crippen LogP contribution in [0.2, 0.25) is 0 Å². The van der Waals surface area contributed by atoms with E-state index in [0.717, 1.165) is 12.2 Å². The Labute approximate surface area is 72.0 Å². The van der Waals surface area contributed by atoms with Gasteiger partial charge in [0.2, 0.25) is 0 Å². The van der Waals surface area contributed by atoms with Gasteiger partial charge in [-0.05, 0) is 17.9 Å². The number of aliphatic hydroxyl groups is 1. The van der Waals surface area contributed by atoms with Crippen molar-refractivity contribution >= 4 is 23.5 Å². The summed E-state index contributed by atoms with van der Waals surface area (Å²) in [7, 11) is 0. The smallest absolute Gasteiger partial charge is 0.0438 e. The molecule has 1 N–H and O–H groups in total. The summed E-state index contributed by atoms with van der Waals surface area (Å²) in [6.45, 7) is 2.52. The lowest BCUT2D eigenvalue weighted by Gasteiger charge is -1.97. The Morgan fingerprint density at radius 3 is 2.40 bits per heavy atom. The molecule has 0 unspecified atom stereocenters. The van der Waals surface area contributed by atoms with Crippen LogP contribution in [0.3, 0.4) is 0 Å². The lowest BCUT2D eigenvalue weighted by atomic mass is 10.5. The van der Waals surface area contributed by atoms with Gasteiger partial charge in [0.1, 0.15) is 0 Å². The van der Waals surface area contributed by atoms with Gasteiger partial charge in [-0.3, -0.25) is 0 Å². The van der Waals surface area contributed by atoms with Crippen LogP contribution in [0, 0.1) is 0 Å². The number of thioether (sulfide) groups is 2. The first kappa shape index (κ1) is 10.7. The van der Waals surface area contributed by atoms with Gasteiger partial charge in [0.05, 0.1) is 0 Å². The van der Waals surface area contributed by atoms with E-state index in [9.17, 15) is 0 Å². The van der Waals surface area contributed by atoms with E-state index in [2.05, 4.69) is 6.92 Å². The topological polar surface area (TPSA) is 20.2 Å². The van der Waals surface area contributed by atoms with Crippen LogP contribution in [0.1, 0.15) is 13.3 Å². The van der Waals surface area contributed by atoms with Gasteiger partial charge in [0, 0.05) is 18.1 Å². The molecule has 3 heteroatoms. The van der Waals surface area contributed by atoms with Gasteiger partial charge < -0.3 is 5.11 Å². The quantitative estimate of drug-likeness (QED) is 0.604. The molecule has 0 rings (SSSR count). The average molecular weight is 180 g/mol. The van der Waals surface area contributed by atoms with Crippen molar-refractivity contribution in [1.82, 2.24) is 0 Å². The van der Waals surface area contributed by atoms with Crippen molar-refractivity contribution in [3.05, 3.63) is 0 Å². The molecule has 0 radical (unpaired) electrons. The van der Waals surface area contributed by atoms with Gasteiger partial charge in [-0.2, -0.15) is 23.5 Å². The van der Waals surface area contributed by atoms with E-state index < -0.39 is 0 Å². The molecular weight excluding hydrogens is 164 g/mol. The average Bonchev–Trinajstić information content (AvgIpc) is 1.97. The molecule has 0 aromatic carbocycles. The largest absolute Gasteiger partial charge is 0.396 e. The van der Waals surface area contributed by atoms with Crippen LogP contribution in [0.25, 0.3) is 0 Å². The van der Waals surface area contributed by atoms with Crippen LogP contribution in [0.5, 0.6) is 0 Å². The number of rotatable bonds is 7. The SMILES string of the molecule is CCSCCSCCCO. The molecule has 0 aromatic heterocycles. The van der Waals surface area contributed by atoms with Crippen LogP contribution >= 0.6 is 23.5 Å². The van der Waals surface area contributed by atoms with E-state index in [-0.39, 0.29) is 0 Å². The van der Waals surface area contributed by atoms with Gasteiger partial charge in [-0.25, -0.2) is 0 Å². The van der Waals surface area contributed by atoms with E-state index in [4.69, 9.17) is 5.11 Å². The molecule has 0 saturated carbocycles. The summed E-state index contributed by atoms with van der Waals surface area (Å²) in [5.74, 6) is 4.83. The minimum absolute atomic E-state index is 0.341. The van der Waals surface area contributed by atoms with Crippen molar-refractivity contribution in [3.63, 3.8) is 0 Å². The molecule has 0 fully saturated rings. The first-order chi connectivity index (χ1) is 4.91. The molecule has 0 aromatic rings. The van der Waals surface area contributed by atoms with E-state index in [0.29, 0.717) is 6.61 Å². The highest BCUT2D eigenvalue weighted by Crippen LogP contribution is 2.06. The summed E-state index contributed by atoms with van der Waals surface area (Å²) in [5.41, 5.74) is 0. The molecule has 0 amide bonds. The fourth-order valence-corrected chi connectivity index (χ4v) is 2.30. The van der Waals surface area contributed by atoms with Crippen molar-refractivity contribution in [3.8, 4) is 0 Å². The second kappa shape index (κ2) is 9.66. The zero-order valence-electron chi connectivity index (χ0n) is 6.51. The summed E-state index contributed by atoms with van der Waals surface area (Å²) in [6.07, 6.45) is 0.946. The van der Waals surface area contributed by atoms with E-state index in [1.165, 1.54) is 17.3 Å². The second-order valence-electron chi connectivity index (χ2n) is 1.89. The highest BCUT2D eigenvalue weighted by molar-refractivity contribution is 8.02. The Hall–Kier alpha value is 0.660. The van der Waals surface area contributed by atoms with Crippen LogP contribution in [-0.2, 0) is 0 Å². The third-order valence-electron chi connectivity index (χ3n) is 1.02. The summed E-state index contributed by atoms with van der Waals surface area (Å²) in [5, 5.41) is 8.45. The summed E-state index contributed by atoms with van der Waals surface area (Å²) in [6, 6.07) is 0. The van der Waals surface area contributed by atoms with Crippen LogP contribution in [0.4, 0.5) is 0 Å². The van der Waals surface area contributed by atoms with Crippen LogP contribution in [-0.4, -0.2) is 34.7 Å². The Morgan fingerprint density at radius 2 is 1.80 bits per heavy atom. The van der Waals surface area contributed by atoms with Crippen molar-refractivity contribution in [2.24, 2.45) is 0 Å². The molecule has 0 aliphatic rings. The summed E-state index contributed by atoms with van der Waals surface area (Å²) < 4.78 is 0. The van der Waals surface area contributed by atoms with E-state index >= 15 is 0 Å². The molecule has 0 atom stereocenters. The molecule has 0 bridgehead atoms. The molecular formula is C7H16OS2. The lowest BCUT2D eigenvalue weighted by molar-refractivity contribution is 0.296. The van der Waals surface area contributed by atoms with Crippen molar-refractivity contribution in [2.45, 2.75) is 13.3 Å². The van der Waals surface area contributed by atoms with Crippen molar-refractivity contribution in [1.29, 1.82) is 0 Å². The van der Waals surface area contributed by atoms with Gasteiger partial charge in [-0.15, -0.1) is 0 Å². The molecule has 10 heavy (non-hydrogen) atoms. The minimum atomic E-state index is 0.341. The van der Waals surface area contributed by atoms with Gasteiger partial charge in [0.25, 0.3) is 0 Å². The molecule has 0 spiro atoms. The Bertz CT molecular complexity index is 51.6. The van der Waals surface area contributed by atoms with Gasteiger partial charge in [0.15, 0.2) is 0 Å². The third-order valence-corrected chi connectivity index (χ3v) is 3.25. The standard InChI is InChI=1S/C7H16OS2/c1-2-9-6-7-10-5-3-4-8/h8H,2-7H2,1H3. The molecule has 1 nitrogen and oxygen atoms in total. The zero-order valence-corrected chi connectivity index (χ0v) is 8.14. The maximum absolute atomic E-state index is 8.45. The first-order valence-electron chi connectivity index (χ1n) is 3.68.